The molecule has 2 nitrogen and oxygen atoms in total. The van der Waals surface area contributed by atoms with E-state index in [1.807, 2.05) is 13.8 Å². The van der Waals surface area contributed by atoms with Gasteiger partial charge in [-0.25, -0.2) is 0 Å². The molecule has 0 saturated carbocycles. The normalized spacial score (nSPS) is 13.2. The number of halogens is 1. The molecule has 3 heteroatoms. The van der Waals surface area contributed by atoms with Crippen molar-refractivity contribution in [2.24, 2.45) is 11.8 Å². The average Bonchev–Trinajstić information content (AvgIpc) is 2.46. The van der Waals surface area contributed by atoms with Gasteiger partial charge in [-0.05, 0) is 29.7 Å². The maximum absolute atomic E-state index is 10.7. The minimum Gasteiger partial charge on any atom is -0.450 e. The maximum atomic E-state index is 10.7. The molecule has 1 unspecified atom stereocenters. The van der Waals surface area contributed by atoms with Crippen LogP contribution in [0.4, 0.5) is 0 Å². The summed E-state index contributed by atoms with van der Waals surface area (Å²) in [4.78, 5) is 10.7. The van der Waals surface area contributed by atoms with Crippen LogP contribution in [-0.4, -0.2) is 6.29 Å². The highest BCUT2D eigenvalue weighted by molar-refractivity contribution is 6.28. The Kier molecular flexibility index (Phi) is 3.55. The van der Waals surface area contributed by atoms with Crippen LogP contribution in [0.15, 0.2) is 16.5 Å². The standard InChI is InChI=1S/C10H13ClO2/c1-7(2)8(6-12)5-9-3-4-10(11)13-9/h3-4,6-8H,5H2,1-2H3. The second kappa shape index (κ2) is 4.47. The van der Waals surface area contributed by atoms with Crippen LogP contribution in [0.2, 0.25) is 5.22 Å². The fraction of sp³-hybridized carbons (Fsp3) is 0.500. The summed E-state index contributed by atoms with van der Waals surface area (Å²) in [5, 5.41) is 0.378. The Hall–Kier alpha value is -0.760. The zero-order chi connectivity index (χ0) is 9.84. The Labute approximate surface area is 82.9 Å². The molecule has 0 aliphatic rings. The van der Waals surface area contributed by atoms with E-state index in [1.165, 1.54) is 0 Å². The summed E-state index contributed by atoms with van der Waals surface area (Å²) in [7, 11) is 0. The second-order valence-electron chi connectivity index (χ2n) is 3.45. The number of hydrogen-bond acceptors (Lipinski definition) is 2. The molecule has 72 valence electrons. The van der Waals surface area contributed by atoms with Gasteiger partial charge in [0, 0.05) is 12.3 Å². The lowest BCUT2D eigenvalue weighted by Crippen LogP contribution is -2.12. The Morgan fingerprint density at radius 3 is 2.62 bits per heavy atom. The van der Waals surface area contributed by atoms with Crippen LogP contribution in [0.1, 0.15) is 19.6 Å². The van der Waals surface area contributed by atoms with Gasteiger partial charge in [0.2, 0.25) is 0 Å². The minimum atomic E-state index is 0.0159. The van der Waals surface area contributed by atoms with Gasteiger partial charge < -0.3 is 9.21 Å². The molecule has 0 amide bonds. The SMILES string of the molecule is CC(C)C(C=O)Cc1ccc(Cl)o1. The van der Waals surface area contributed by atoms with Crippen molar-refractivity contribution >= 4 is 17.9 Å². The van der Waals surface area contributed by atoms with Crippen LogP contribution < -0.4 is 0 Å². The van der Waals surface area contributed by atoms with Crippen LogP contribution in [0.25, 0.3) is 0 Å². The summed E-state index contributed by atoms with van der Waals surface area (Å²) < 4.78 is 5.17. The maximum Gasteiger partial charge on any atom is 0.193 e. The van der Waals surface area contributed by atoms with E-state index in [9.17, 15) is 4.79 Å². The van der Waals surface area contributed by atoms with Crippen molar-refractivity contribution in [3.05, 3.63) is 23.1 Å². The summed E-state index contributed by atoms with van der Waals surface area (Å²) >= 11 is 5.61. The van der Waals surface area contributed by atoms with Gasteiger partial charge in [-0.1, -0.05) is 13.8 Å². The predicted molar refractivity (Wildman–Crippen MR) is 51.8 cm³/mol. The number of rotatable bonds is 4. The van der Waals surface area contributed by atoms with Crippen molar-refractivity contribution in [3.8, 4) is 0 Å². The van der Waals surface area contributed by atoms with Crippen molar-refractivity contribution in [2.75, 3.05) is 0 Å². The smallest absolute Gasteiger partial charge is 0.193 e. The largest absolute Gasteiger partial charge is 0.450 e. The quantitative estimate of drug-likeness (QED) is 0.700. The fourth-order valence-electron chi connectivity index (χ4n) is 1.13. The molecule has 0 aromatic carbocycles. The van der Waals surface area contributed by atoms with Gasteiger partial charge in [0.25, 0.3) is 0 Å². The molecule has 1 rings (SSSR count). The lowest BCUT2D eigenvalue weighted by molar-refractivity contribution is -0.112. The number of carbonyl (C=O) groups excluding carboxylic acids is 1. The minimum absolute atomic E-state index is 0.0159. The Balaban J connectivity index is 2.61. The summed E-state index contributed by atoms with van der Waals surface area (Å²) in [5.41, 5.74) is 0. The molecule has 0 fully saturated rings. The zero-order valence-corrected chi connectivity index (χ0v) is 8.54. The summed E-state index contributed by atoms with van der Waals surface area (Å²) in [6, 6.07) is 3.50. The van der Waals surface area contributed by atoms with E-state index in [0.29, 0.717) is 17.6 Å². The Bertz CT molecular complexity index is 278. The molecule has 1 aromatic heterocycles. The van der Waals surface area contributed by atoms with E-state index < -0.39 is 0 Å². The Morgan fingerprint density at radius 1 is 1.54 bits per heavy atom. The van der Waals surface area contributed by atoms with E-state index in [2.05, 4.69) is 0 Å². The average molecular weight is 201 g/mol. The molecular formula is C10H13ClO2. The lowest BCUT2D eigenvalue weighted by Gasteiger charge is -2.11. The molecule has 1 aromatic rings. The molecule has 13 heavy (non-hydrogen) atoms. The van der Waals surface area contributed by atoms with Crippen LogP contribution >= 0.6 is 11.6 Å². The molecular weight excluding hydrogens is 188 g/mol. The van der Waals surface area contributed by atoms with Gasteiger partial charge in [0.15, 0.2) is 5.22 Å². The number of hydrogen-bond donors (Lipinski definition) is 0. The first-order valence-electron chi connectivity index (χ1n) is 4.33. The zero-order valence-electron chi connectivity index (χ0n) is 7.79. The predicted octanol–water partition coefficient (Wildman–Crippen LogP) is 2.95. The van der Waals surface area contributed by atoms with Crippen molar-refractivity contribution < 1.29 is 9.21 Å². The van der Waals surface area contributed by atoms with Gasteiger partial charge in [0.1, 0.15) is 12.0 Å². The first kappa shape index (κ1) is 10.3. The molecule has 0 aliphatic carbocycles. The van der Waals surface area contributed by atoms with Crippen molar-refractivity contribution in [1.82, 2.24) is 0 Å². The molecule has 0 saturated heterocycles. The van der Waals surface area contributed by atoms with E-state index in [1.54, 1.807) is 12.1 Å². The van der Waals surface area contributed by atoms with Crippen molar-refractivity contribution in [3.63, 3.8) is 0 Å². The molecule has 1 heterocycles. The first-order valence-corrected chi connectivity index (χ1v) is 4.70. The first-order chi connectivity index (χ1) is 6.13. The third-order valence-corrected chi connectivity index (χ3v) is 2.30. The van der Waals surface area contributed by atoms with Crippen LogP contribution in [0.5, 0.6) is 0 Å². The van der Waals surface area contributed by atoms with E-state index in [-0.39, 0.29) is 5.92 Å². The van der Waals surface area contributed by atoms with E-state index in [4.69, 9.17) is 16.0 Å². The molecule has 1 atom stereocenters. The van der Waals surface area contributed by atoms with Gasteiger partial charge in [0.05, 0.1) is 0 Å². The molecule has 0 aliphatic heterocycles. The Morgan fingerprint density at radius 2 is 2.23 bits per heavy atom. The van der Waals surface area contributed by atoms with E-state index in [0.717, 1.165) is 12.0 Å². The van der Waals surface area contributed by atoms with Gasteiger partial charge in [-0.3, -0.25) is 0 Å². The number of aldehydes is 1. The number of furan rings is 1. The van der Waals surface area contributed by atoms with E-state index >= 15 is 0 Å². The summed E-state index contributed by atoms with van der Waals surface area (Å²) in [5.74, 6) is 1.12. The molecule has 0 N–H and O–H groups in total. The summed E-state index contributed by atoms with van der Waals surface area (Å²) in [6.07, 6.45) is 1.61. The van der Waals surface area contributed by atoms with Gasteiger partial charge in [-0.15, -0.1) is 0 Å². The van der Waals surface area contributed by atoms with Crippen LogP contribution in [-0.2, 0) is 11.2 Å². The van der Waals surface area contributed by atoms with Crippen LogP contribution in [0.3, 0.4) is 0 Å². The van der Waals surface area contributed by atoms with Crippen molar-refractivity contribution in [2.45, 2.75) is 20.3 Å². The fourth-order valence-corrected chi connectivity index (χ4v) is 1.30. The lowest BCUT2D eigenvalue weighted by atomic mass is 9.93. The van der Waals surface area contributed by atoms with Crippen molar-refractivity contribution in [1.29, 1.82) is 0 Å². The van der Waals surface area contributed by atoms with Crippen LogP contribution in [0, 0.1) is 11.8 Å². The topological polar surface area (TPSA) is 30.2 Å². The molecule has 0 radical (unpaired) electrons. The molecule has 0 bridgehead atoms. The third-order valence-electron chi connectivity index (χ3n) is 2.10. The third kappa shape index (κ3) is 2.88. The number of carbonyl (C=O) groups is 1. The highest BCUT2D eigenvalue weighted by Crippen LogP contribution is 2.19. The highest BCUT2D eigenvalue weighted by atomic mass is 35.5. The van der Waals surface area contributed by atoms with Gasteiger partial charge >= 0.3 is 0 Å². The monoisotopic (exact) mass is 200 g/mol. The van der Waals surface area contributed by atoms with Gasteiger partial charge in [-0.2, -0.15) is 0 Å². The second-order valence-corrected chi connectivity index (χ2v) is 3.83. The summed E-state index contributed by atoms with van der Waals surface area (Å²) in [6.45, 7) is 4.03. The molecule has 0 spiro atoms. The highest BCUT2D eigenvalue weighted by Gasteiger charge is 2.14.